The summed E-state index contributed by atoms with van der Waals surface area (Å²) in [5.74, 6) is 0.474. The van der Waals surface area contributed by atoms with Crippen molar-refractivity contribution < 1.29 is 9.53 Å². The van der Waals surface area contributed by atoms with E-state index in [1.165, 1.54) is 0 Å². The molecule has 0 aliphatic heterocycles. The molecule has 1 heterocycles. The number of nitrogens with zero attached hydrogens (tertiary/aromatic N) is 1. The summed E-state index contributed by atoms with van der Waals surface area (Å²) < 4.78 is 5.59. The van der Waals surface area contributed by atoms with Crippen LogP contribution in [0.1, 0.15) is 6.92 Å². The van der Waals surface area contributed by atoms with Gasteiger partial charge in [0.1, 0.15) is 5.75 Å². The van der Waals surface area contributed by atoms with Gasteiger partial charge in [0, 0.05) is 11.1 Å². The molecule has 1 amide bonds. The van der Waals surface area contributed by atoms with E-state index in [9.17, 15) is 4.79 Å². The quantitative estimate of drug-likeness (QED) is 0.772. The number of amides is 1. The van der Waals surface area contributed by atoms with E-state index in [1.807, 2.05) is 48.5 Å². The van der Waals surface area contributed by atoms with E-state index in [0.29, 0.717) is 11.4 Å². The summed E-state index contributed by atoms with van der Waals surface area (Å²) in [5.41, 5.74) is 1.59. The number of nitrogens with one attached hydrogen (secondary N) is 2. The molecule has 3 rings (SSSR count). The van der Waals surface area contributed by atoms with Crippen LogP contribution < -0.4 is 10.1 Å². The molecule has 1 unspecified atom stereocenters. The molecule has 1 atom stereocenters. The van der Waals surface area contributed by atoms with Crippen molar-refractivity contribution in [1.29, 1.82) is 0 Å². The average molecular weight is 281 g/mol. The number of para-hydroxylation sites is 1. The smallest absolute Gasteiger partial charge is 0.265 e. The van der Waals surface area contributed by atoms with Crippen molar-refractivity contribution in [3.05, 3.63) is 54.7 Å². The largest absolute Gasteiger partial charge is 0.481 e. The summed E-state index contributed by atoms with van der Waals surface area (Å²) in [4.78, 5) is 12.1. The SMILES string of the molecule is CC(Oc1ccccc1)C(=O)Nc1ccc2cn[nH]c2c1. The Labute approximate surface area is 121 Å². The molecule has 3 aromatic rings. The number of anilines is 1. The van der Waals surface area contributed by atoms with E-state index in [-0.39, 0.29) is 5.91 Å². The van der Waals surface area contributed by atoms with Gasteiger partial charge in [-0.1, -0.05) is 18.2 Å². The van der Waals surface area contributed by atoms with Gasteiger partial charge >= 0.3 is 0 Å². The maximum absolute atomic E-state index is 12.1. The van der Waals surface area contributed by atoms with Crippen LogP contribution in [-0.4, -0.2) is 22.2 Å². The number of aromatic amines is 1. The lowest BCUT2D eigenvalue weighted by atomic mass is 10.2. The minimum absolute atomic E-state index is 0.197. The van der Waals surface area contributed by atoms with E-state index in [1.54, 1.807) is 13.1 Å². The molecule has 0 bridgehead atoms. The summed E-state index contributed by atoms with van der Waals surface area (Å²) in [7, 11) is 0. The highest BCUT2D eigenvalue weighted by atomic mass is 16.5. The molecule has 106 valence electrons. The first-order chi connectivity index (χ1) is 10.2. The van der Waals surface area contributed by atoms with Gasteiger partial charge < -0.3 is 10.1 Å². The molecule has 2 aromatic carbocycles. The number of rotatable bonds is 4. The van der Waals surface area contributed by atoms with Crippen LogP contribution in [0.3, 0.4) is 0 Å². The molecule has 0 saturated heterocycles. The summed E-state index contributed by atoms with van der Waals surface area (Å²) in [6.45, 7) is 1.72. The number of carbonyl (C=O) groups excluding carboxylic acids is 1. The van der Waals surface area contributed by atoms with Crippen LogP contribution in [0.15, 0.2) is 54.7 Å². The molecular formula is C16H15N3O2. The third-order valence-corrected chi connectivity index (χ3v) is 3.13. The van der Waals surface area contributed by atoms with E-state index in [0.717, 1.165) is 10.9 Å². The van der Waals surface area contributed by atoms with Crippen molar-refractivity contribution in [3.8, 4) is 5.75 Å². The number of hydrogen-bond acceptors (Lipinski definition) is 3. The van der Waals surface area contributed by atoms with E-state index < -0.39 is 6.10 Å². The number of fused-ring (bicyclic) bond motifs is 1. The minimum atomic E-state index is -0.579. The van der Waals surface area contributed by atoms with Crippen molar-refractivity contribution in [3.63, 3.8) is 0 Å². The lowest BCUT2D eigenvalue weighted by Crippen LogP contribution is -2.30. The summed E-state index contributed by atoms with van der Waals surface area (Å²) in [6.07, 6.45) is 1.16. The molecule has 1 aromatic heterocycles. The van der Waals surface area contributed by atoms with Crippen molar-refractivity contribution in [1.82, 2.24) is 10.2 Å². The highest BCUT2D eigenvalue weighted by Gasteiger charge is 2.15. The lowest BCUT2D eigenvalue weighted by molar-refractivity contribution is -0.122. The van der Waals surface area contributed by atoms with Gasteiger partial charge in [-0.3, -0.25) is 9.89 Å². The predicted octanol–water partition coefficient (Wildman–Crippen LogP) is 2.97. The molecule has 0 spiro atoms. The number of H-pyrrole nitrogens is 1. The van der Waals surface area contributed by atoms with Gasteiger partial charge in [-0.15, -0.1) is 0 Å². The fourth-order valence-corrected chi connectivity index (χ4v) is 2.02. The predicted molar refractivity (Wildman–Crippen MR) is 81.3 cm³/mol. The second kappa shape index (κ2) is 5.66. The second-order valence-electron chi connectivity index (χ2n) is 4.73. The first-order valence-electron chi connectivity index (χ1n) is 6.68. The third-order valence-electron chi connectivity index (χ3n) is 3.13. The van der Waals surface area contributed by atoms with Gasteiger partial charge in [0.05, 0.1) is 11.7 Å². The molecule has 0 fully saturated rings. The normalized spacial score (nSPS) is 12.0. The Bertz CT molecular complexity index is 752. The number of carbonyl (C=O) groups is 1. The summed E-state index contributed by atoms with van der Waals surface area (Å²) in [5, 5.41) is 10.7. The Morgan fingerprint density at radius 1 is 1.24 bits per heavy atom. The van der Waals surface area contributed by atoms with Gasteiger partial charge in [0.25, 0.3) is 5.91 Å². The maximum atomic E-state index is 12.1. The summed E-state index contributed by atoms with van der Waals surface area (Å²) >= 11 is 0. The molecule has 5 nitrogen and oxygen atoms in total. The van der Waals surface area contributed by atoms with E-state index in [4.69, 9.17) is 4.74 Å². The average Bonchev–Trinajstić information content (AvgIpc) is 2.95. The summed E-state index contributed by atoms with van der Waals surface area (Å²) in [6, 6.07) is 14.9. The maximum Gasteiger partial charge on any atom is 0.265 e. The fraction of sp³-hybridized carbons (Fsp3) is 0.125. The monoisotopic (exact) mass is 281 g/mol. The van der Waals surface area contributed by atoms with Crippen LogP contribution in [-0.2, 0) is 4.79 Å². The van der Waals surface area contributed by atoms with Gasteiger partial charge in [0.15, 0.2) is 6.10 Å². The molecule has 0 saturated carbocycles. The zero-order chi connectivity index (χ0) is 14.7. The molecular weight excluding hydrogens is 266 g/mol. The first kappa shape index (κ1) is 13.2. The van der Waals surface area contributed by atoms with Crippen LogP contribution in [0, 0.1) is 0 Å². The van der Waals surface area contributed by atoms with Gasteiger partial charge in [0.2, 0.25) is 0 Å². The van der Waals surface area contributed by atoms with E-state index in [2.05, 4.69) is 15.5 Å². The van der Waals surface area contributed by atoms with Crippen molar-refractivity contribution >= 4 is 22.5 Å². The van der Waals surface area contributed by atoms with Crippen molar-refractivity contribution in [2.45, 2.75) is 13.0 Å². The molecule has 0 aliphatic carbocycles. The number of aromatic nitrogens is 2. The van der Waals surface area contributed by atoms with E-state index >= 15 is 0 Å². The Hall–Kier alpha value is -2.82. The van der Waals surface area contributed by atoms with Crippen LogP contribution >= 0.6 is 0 Å². The van der Waals surface area contributed by atoms with Crippen LogP contribution in [0.2, 0.25) is 0 Å². The Morgan fingerprint density at radius 3 is 2.86 bits per heavy atom. The highest BCUT2D eigenvalue weighted by Crippen LogP contribution is 2.17. The van der Waals surface area contributed by atoms with Crippen LogP contribution in [0.25, 0.3) is 10.9 Å². The molecule has 0 radical (unpaired) electrons. The number of hydrogen-bond donors (Lipinski definition) is 2. The number of benzene rings is 2. The molecule has 2 N–H and O–H groups in total. The highest BCUT2D eigenvalue weighted by molar-refractivity contribution is 5.96. The van der Waals surface area contributed by atoms with Gasteiger partial charge in [-0.2, -0.15) is 5.10 Å². The zero-order valence-corrected chi connectivity index (χ0v) is 11.5. The van der Waals surface area contributed by atoms with Gasteiger partial charge in [-0.25, -0.2) is 0 Å². The molecule has 5 heteroatoms. The first-order valence-corrected chi connectivity index (χ1v) is 6.68. The minimum Gasteiger partial charge on any atom is -0.481 e. The van der Waals surface area contributed by atoms with Crippen molar-refractivity contribution in [2.75, 3.05) is 5.32 Å². The molecule has 21 heavy (non-hydrogen) atoms. The Morgan fingerprint density at radius 2 is 2.05 bits per heavy atom. The van der Waals surface area contributed by atoms with Gasteiger partial charge in [-0.05, 0) is 37.3 Å². The Balaban J connectivity index is 1.67. The zero-order valence-electron chi connectivity index (χ0n) is 11.5. The lowest BCUT2D eigenvalue weighted by Gasteiger charge is -2.14. The van der Waals surface area contributed by atoms with Crippen LogP contribution in [0.4, 0.5) is 5.69 Å². The van der Waals surface area contributed by atoms with Crippen LogP contribution in [0.5, 0.6) is 5.75 Å². The van der Waals surface area contributed by atoms with Crippen molar-refractivity contribution in [2.24, 2.45) is 0 Å². The third kappa shape index (κ3) is 3.02. The molecule has 0 aliphatic rings. The Kier molecular flexibility index (Phi) is 3.55. The second-order valence-corrected chi connectivity index (χ2v) is 4.73. The number of ether oxygens (including phenoxy) is 1. The topological polar surface area (TPSA) is 67.0 Å². The standard InChI is InChI=1S/C16H15N3O2/c1-11(21-14-5-3-2-4-6-14)16(20)18-13-8-7-12-10-17-19-15(12)9-13/h2-11H,1H3,(H,17,19)(H,18,20). The fourth-order valence-electron chi connectivity index (χ4n) is 2.02.